The summed E-state index contributed by atoms with van der Waals surface area (Å²) in [5.74, 6) is 1.28. The Labute approximate surface area is 127 Å². The number of methoxy groups -OCH3 is 1. The summed E-state index contributed by atoms with van der Waals surface area (Å²) in [7, 11) is 1.65. The van der Waals surface area contributed by atoms with Crippen LogP contribution in [0.15, 0.2) is 48.0 Å². The predicted octanol–water partition coefficient (Wildman–Crippen LogP) is 2.08. The highest BCUT2D eigenvalue weighted by Gasteiger charge is 2.33. The quantitative estimate of drug-likeness (QED) is 0.804. The molecule has 0 saturated heterocycles. The van der Waals surface area contributed by atoms with Gasteiger partial charge in [0.25, 0.3) is 0 Å². The van der Waals surface area contributed by atoms with Crippen molar-refractivity contribution in [2.24, 2.45) is 5.73 Å². The van der Waals surface area contributed by atoms with Crippen molar-refractivity contribution in [3.8, 4) is 5.75 Å². The summed E-state index contributed by atoms with van der Waals surface area (Å²) in [5, 5.41) is 5.35. The smallest absolute Gasteiger partial charge is 0.165 e. The number of rotatable bonds is 3. The molecule has 1 aromatic heterocycles. The molecule has 3 rings (SSSR count). The Bertz CT molecular complexity index is 686. The molecular weight excluding hydrogens is 284 g/mol. The van der Waals surface area contributed by atoms with Gasteiger partial charge in [0.15, 0.2) is 4.99 Å². The first-order valence-electron chi connectivity index (χ1n) is 6.42. The average molecular weight is 300 g/mol. The molecule has 21 heavy (non-hydrogen) atoms. The van der Waals surface area contributed by atoms with Gasteiger partial charge in [0.1, 0.15) is 11.6 Å². The summed E-state index contributed by atoms with van der Waals surface area (Å²) in [6, 6.07) is 11.5. The summed E-state index contributed by atoms with van der Waals surface area (Å²) in [5.41, 5.74) is 15.1. The van der Waals surface area contributed by atoms with Gasteiger partial charge in [-0.15, -0.1) is 0 Å². The Hall–Kier alpha value is -2.18. The van der Waals surface area contributed by atoms with Crippen molar-refractivity contribution in [1.29, 1.82) is 0 Å². The minimum Gasteiger partial charge on any atom is -0.497 e. The minimum atomic E-state index is -0.730. The molecule has 1 aliphatic rings. The molecule has 0 aliphatic carbocycles. The van der Waals surface area contributed by atoms with Gasteiger partial charge < -0.3 is 15.8 Å². The fourth-order valence-electron chi connectivity index (χ4n) is 2.14. The molecule has 0 spiro atoms. The minimum absolute atomic E-state index is 0.456. The molecule has 0 fully saturated rings. The van der Waals surface area contributed by atoms with E-state index in [0.717, 1.165) is 22.6 Å². The van der Waals surface area contributed by atoms with Crippen LogP contribution in [-0.4, -0.2) is 12.1 Å². The van der Waals surface area contributed by atoms with Gasteiger partial charge in [-0.05, 0) is 47.4 Å². The van der Waals surface area contributed by atoms with Crippen LogP contribution in [0.25, 0.3) is 5.70 Å². The highest BCUT2D eigenvalue weighted by molar-refractivity contribution is 8.03. The average Bonchev–Trinajstić information content (AvgIpc) is 2.91. The second-order valence-corrected chi connectivity index (χ2v) is 5.82. The Morgan fingerprint density at radius 1 is 1.24 bits per heavy atom. The molecule has 1 aromatic carbocycles. The standard InChI is InChI=1S/C15H16N4OS/c1-20-12-4-2-10(3-5-12)13-9-21-15(17,19-13)11-6-7-18-14(16)8-11/h2-9,19H,17H2,1H3,(H2,16,18). The summed E-state index contributed by atoms with van der Waals surface area (Å²) >= 11 is 1.51. The van der Waals surface area contributed by atoms with E-state index < -0.39 is 4.99 Å². The molecule has 1 unspecified atom stereocenters. The van der Waals surface area contributed by atoms with Gasteiger partial charge >= 0.3 is 0 Å². The van der Waals surface area contributed by atoms with E-state index in [0.29, 0.717) is 5.82 Å². The number of pyridine rings is 1. The lowest BCUT2D eigenvalue weighted by atomic mass is 10.1. The number of nitrogens with two attached hydrogens (primary N) is 2. The van der Waals surface area contributed by atoms with E-state index in [4.69, 9.17) is 16.2 Å². The maximum Gasteiger partial charge on any atom is 0.165 e. The summed E-state index contributed by atoms with van der Waals surface area (Å²) in [4.78, 5) is 3.26. The van der Waals surface area contributed by atoms with E-state index in [2.05, 4.69) is 10.3 Å². The van der Waals surface area contributed by atoms with E-state index in [-0.39, 0.29) is 0 Å². The van der Waals surface area contributed by atoms with Crippen molar-refractivity contribution in [3.63, 3.8) is 0 Å². The topological polar surface area (TPSA) is 86.2 Å². The fraction of sp³-hybridized carbons (Fsp3) is 0.133. The van der Waals surface area contributed by atoms with Crippen LogP contribution in [0, 0.1) is 0 Å². The molecule has 2 heterocycles. The normalized spacial score (nSPS) is 20.8. The SMILES string of the molecule is COc1ccc(C2=CSC(N)(c3ccnc(N)c3)N2)cc1. The molecule has 0 radical (unpaired) electrons. The molecule has 0 bridgehead atoms. The number of thioether (sulfide) groups is 1. The predicted molar refractivity (Wildman–Crippen MR) is 86.2 cm³/mol. The van der Waals surface area contributed by atoms with Crippen LogP contribution in [0.4, 0.5) is 5.82 Å². The number of nitrogens with one attached hydrogen (secondary N) is 1. The molecule has 5 nitrogen and oxygen atoms in total. The zero-order chi connectivity index (χ0) is 14.9. The second-order valence-electron chi connectivity index (χ2n) is 4.71. The third-order valence-corrected chi connectivity index (χ3v) is 4.36. The van der Waals surface area contributed by atoms with Crippen molar-refractivity contribution in [1.82, 2.24) is 10.3 Å². The third kappa shape index (κ3) is 2.68. The van der Waals surface area contributed by atoms with E-state index in [1.165, 1.54) is 11.8 Å². The molecular formula is C15H16N4OS. The van der Waals surface area contributed by atoms with Gasteiger partial charge in [-0.1, -0.05) is 11.8 Å². The van der Waals surface area contributed by atoms with Crippen molar-refractivity contribution in [2.45, 2.75) is 4.99 Å². The van der Waals surface area contributed by atoms with Gasteiger partial charge in [-0.3, -0.25) is 5.73 Å². The van der Waals surface area contributed by atoms with Crippen LogP contribution < -0.4 is 21.5 Å². The maximum atomic E-state index is 6.42. The Morgan fingerprint density at radius 3 is 2.67 bits per heavy atom. The van der Waals surface area contributed by atoms with Crippen LogP contribution >= 0.6 is 11.8 Å². The highest BCUT2D eigenvalue weighted by Crippen LogP contribution is 2.39. The van der Waals surface area contributed by atoms with Crippen LogP contribution in [-0.2, 0) is 4.99 Å². The van der Waals surface area contributed by atoms with E-state index in [9.17, 15) is 0 Å². The molecule has 1 atom stereocenters. The first kappa shape index (κ1) is 13.8. The molecule has 108 valence electrons. The van der Waals surface area contributed by atoms with E-state index in [1.54, 1.807) is 19.4 Å². The molecule has 0 amide bonds. The molecule has 1 aliphatic heterocycles. The lowest BCUT2D eigenvalue weighted by Gasteiger charge is -2.26. The summed E-state index contributed by atoms with van der Waals surface area (Å²) in [6.07, 6.45) is 1.66. The van der Waals surface area contributed by atoms with Gasteiger partial charge in [-0.25, -0.2) is 4.98 Å². The first-order chi connectivity index (χ1) is 10.1. The van der Waals surface area contributed by atoms with Crippen LogP contribution in [0.1, 0.15) is 11.1 Å². The zero-order valence-corrected chi connectivity index (χ0v) is 12.4. The number of hydrogen-bond donors (Lipinski definition) is 3. The van der Waals surface area contributed by atoms with Gasteiger partial charge in [-0.2, -0.15) is 0 Å². The summed E-state index contributed by atoms with van der Waals surface area (Å²) in [6.45, 7) is 0. The first-order valence-corrected chi connectivity index (χ1v) is 7.30. The Kier molecular flexibility index (Phi) is 3.48. The van der Waals surface area contributed by atoms with Crippen molar-refractivity contribution >= 4 is 23.3 Å². The largest absolute Gasteiger partial charge is 0.497 e. The molecule has 6 heteroatoms. The summed E-state index contributed by atoms with van der Waals surface area (Å²) < 4.78 is 5.16. The number of nitrogen functional groups attached to an aromatic ring is 1. The van der Waals surface area contributed by atoms with Gasteiger partial charge in [0.05, 0.1) is 12.8 Å². The number of benzene rings is 1. The Morgan fingerprint density at radius 2 is 2.00 bits per heavy atom. The zero-order valence-electron chi connectivity index (χ0n) is 11.5. The number of ether oxygens (including phenoxy) is 1. The number of anilines is 1. The van der Waals surface area contributed by atoms with Crippen molar-refractivity contribution < 1.29 is 4.74 Å². The fourth-order valence-corrected chi connectivity index (χ4v) is 3.07. The lowest BCUT2D eigenvalue weighted by molar-refractivity contribution is 0.415. The van der Waals surface area contributed by atoms with Crippen LogP contribution in [0.5, 0.6) is 5.75 Å². The van der Waals surface area contributed by atoms with Gasteiger partial charge in [0.2, 0.25) is 0 Å². The van der Waals surface area contributed by atoms with E-state index >= 15 is 0 Å². The lowest BCUT2D eigenvalue weighted by Crippen LogP contribution is -2.43. The monoisotopic (exact) mass is 300 g/mol. The number of nitrogens with zero attached hydrogens (tertiary/aromatic N) is 1. The maximum absolute atomic E-state index is 6.42. The van der Waals surface area contributed by atoms with Gasteiger partial charge in [0, 0.05) is 11.8 Å². The van der Waals surface area contributed by atoms with Crippen molar-refractivity contribution in [2.75, 3.05) is 12.8 Å². The molecule has 5 N–H and O–H groups in total. The highest BCUT2D eigenvalue weighted by atomic mass is 32.2. The van der Waals surface area contributed by atoms with Crippen LogP contribution in [0.2, 0.25) is 0 Å². The Balaban J connectivity index is 1.83. The number of hydrogen-bond acceptors (Lipinski definition) is 6. The second kappa shape index (κ2) is 5.31. The third-order valence-electron chi connectivity index (χ3n) is 3.29. The number of aromatic nitrogens is 1. The molecule has 2 aromatic rings. The van der Waals surface area contributed by atoms with Crippen molar-refractivity contribution in [3.05, 3.63) is 59.1 Å². The van der Waals surface area contributed by atoms with E-state index in [1.807, 2.05) is 35.7 Å². The van der Waals surface area contributed by atoms with Crippen LogP contribution in [0.3, 0.4) is 0 Å². The molecule has 0 saturated carbocycles.